The number of phenolic OH excluding ortho intramolecular Hbond substituents is 1. The second-order valence-corrected chi connectivity index (χ2v) is 8.11. The molecular formula is C25H23FN4O6. The summed E-state index contributed by atoms with van der Waals surface area (Å²) in [5, 5.41) is 28.0. The summed E-state index contributed by atoms with van der Waals surface area (Å²) in [6, 6.07) is 9.87. The molecule has 1 aromatic heterocycles. The minimum atomic E-state index is -0.978. The van der Waals surface area contributed by atoms with Crippen LogP contribution in [0.5, 0.6) is 17.4 Å². The molecule has 2 heterocycles. The predicted octanol–water partition coefficient (Wildman–Crippen LogP) is 1.37. The molecule has 1 aliphatic heterocycles. The third kappa shape index (κ3) is 5.10. The van der Waals surface area contributed by atoms with Crippen LogP contribution in [0, 0.1) is 5.82 Å². The van der Waals surface area contributed by atoms with Gasteiger partial charge in [0.15, 0.2) is 17.3 Å². The number of methoxy groups -OCH3 is 1. The Hall–Kier alpha value is -4.51. The Labute approximate surface area is 205 Å². The van der Waals surface area contributed by atoms with Crippen molar-refractivity contribution in [3.05, 3.63) is 82.8 Å². The van der Waals surface area contributed by atoms with Crippen LogP contribution in [-0.2, 0) is 0 Å². The van der Waals surface area contributed by atoms with Gasteiger partial charge in [0.1, 0.15) is 11.3 Å². The van der Waals surface area contributed by atoms with E-state index in [2.05, 4.69) is 20.9 Å². The Morgan fingerprint density at radius 2 is 1.50 bits per heavy atom. The monoisotopic (exact) mass is 494 g/mol. The Morgan fingerprint density at radius 3 is 2.08 bits per heavy atom. The first-order chi connectivity index (χ1) is 17.3. The standard InChI is InChI=1S/C25H23FN4O6/c1-36-19-8-7-18(31)21(22(19)26)23(33)13-2-4-14(5-3-13)24(34)29-16-11-27-12-17(16)30-25(35)15-6-9-20(32)28-10-15/h2-10,16-17,27,31H,11-12H2,1H3,(H,28,32)(H,29,34)(H,30,35)/t16-,17-/m1/s1. The quantitative estimate of drug-likeness (QED) is 0.309. The van der Waals surface area contributed by atoms with Crippen LogP contribution < -0.4 is 20.7 Å². The van der Waals surface area contributed by atoms with Crippen LogP contribution in [0.25, 0.3) is 0 Å². The number of nitrogens with zero attached hydrogens (tertiary/aromatic N) is 1. The minimum absolute atomic E-state index is 0.0733. The number of aromatic nitrogens is 1. The maximum Gasteiger partial charge on any atom is 0.253 e. The topological polar surface area (TPSA) is 150 Å². The number of benzene rings is 2. The highest BCUT2D eigenvalue weighted by Gasteiger charge is 2.30. The molecule has 0 unspecified atom stereocenters. The van der Waals surface area contributed by atoms with Gasteiger partial charge >= 0.3 is 0 Å². The molecule has 0 aliphatic carbocycles. The van der Waals surface area contributed by atoms with Crippen molar-refractivity contribution in [2.75, 3.05) is 20.2 Å². The highest BCUT2D eigenvalue weighted by Crippen LogP contribution is 2.30. The number of pyridine rings is 1. The van der Waals surface area contributed by atoms with Crippen molar-refractivity contribution in [2.24, 2.45) is 0 Å². The molecule has 1 fully saturated rings. The molecule has 1 aliphatic rings. The van der Waals surface area contributed by atoms with E-state index in [1.165, 1.54) is 61.8 Å². The van der Waals surface area contributed by atoms with Gasteiger partial charge in [-0.25, -0.2) is 9.37 Å². The molecular weight excluding hydrogens is 471 g/mol. The van der Waals surface area contributed by atoms with Crippen LogP contribution in [0.15, 0.2) is 54.7 Å². The van der Waals surface area contributed by atoms with Crippen LogP contribution in [-0.4, -0.2) is 65.1 Å². The van der Waals surface area contributed by atoms with Gasteiger partial charge in [-0.1, -0.05) is 12.1 Å². The lowest BCUT2D eigenvalue weighted by molar-refractivity contribution is 0.0896. The van der Waals surface area contributed by atoms with Crippen molar-refractivity contribution >= 4 is 17.6 Å². The highest BCUT2D eigenvalue weighted by molar-refractivity contribution is 6.11. The van der Waals surface area contributed by atoms with Crippen molar-refractivity contribution in [1.82, 2.24) is 20.9 Å². The molecule has 1 saturated heterocycles. The molecule has 3 aromatic rings. The zero-order valence-corrected chi connectivity index (χ0v) is 19.1. The van der Waals surface area contributed by atoms with Crippen molar-refractivity contribution in [2.45, 2.75) is 12.1 Å². The van der Waals surface area contributed by atoms with Gasteiger partial charge in [0.2, 0.25) is 5.88 Å². The van der Waals surface area contributed by atoms with Crippen molar-refractivity contribution in [3.8, 4) is 17.4 Å². The number of hydrogen-bond acceptors (Lipinski definition) is 8. The summed E-state index contributed by atoms with van der Waals surface area (Å²) < 4.78 is 19.4. The number of amides is 2. The zero-order chi connectivity index (χ0) is 25.8. The number of ether oxygens (including phenoxy) is 1. The van der Waals surface area contributed by atoms with E-state index >= 15 is 0 Å². The molecule has 10 nitrogen and oxygen atoms in total. The fraction of sp³-hybridized carbons (Fsp3) is 0.200. The SMILES string of the molecule is COc1ccc(O)c(C(=O)c2ccc(C(=O)N[C@@H]3CNC[C@H]3NC(=O)c3ccc(O)nc3)cc2)c1F. The van der Waals surface area contributed by atoms with Gasteiger partial charge in [0.05, 0.1) is 24.8 Å². The lowest BCUT2D eigenvalue weighted by atomic mass is 10.00. The molecule has 2 amide bonds. The lowest BCUT2D eigenvalue weighted by Gasteiger charge is -2.21. The van der Waals surface area contributed by atoms with Gasteiger partial charge in [-0.3, -0.25) is 14.4 Å². The number of rotatable bonds is 7. The third-order valence-electron chi connectivity index (χ3n) is 5.80. The number of aromatic hydroxyl groups is 2. The number of ketones is 1. The Morgan fingerprint density at radius 1 is 0.917 bits per heavy atom. The smallest absolute Gasteiger partial charge is 0.253 e. The molecule has 36 heavy (non-hydrogen) atoms. The summed E-state index contributed by atoms with van der Waals surface area (Å²) >= 11 is 0. The number of carbonyl (C=O) groups excluding carboxylic acids is 3. The second-order valence-electron chi connectivity index (χ2n) is 8.11. The van der Waals surface area contributed by atoms with E-state index in [1.54, 1.807) is 0 Å². The Bertz CT molecular complexity index is 1300. The van der Waals surface area contributed by atoms with Crippen molar-refractivity contribution in [1.29, 1.82) is 0 Å². The average molecular weight is 494 g/mol. The summed E-state index contributed by atoms with van der Waals surface area (Å²) in [6.07, 6.45) is 1.25. The van der Waals surface area contributed by atoms with E-state index in [1.807, 2.05) is 0 Å². The molecule has 4 rings (SSSR count). The van der Waals surface area contributed by atoms with Crippen LogP contribution in [0.2, 0.25) is 0 Å². The summed E-state index contributed by atoms with van der Waals surface area (Å²) in [7, 11) is 1.25. The number of nitrogens with one attached hydrogen (secondary N) is 3. The first kappa shape index (κ1) is 24.6. The molecule has 2 atom stereocenters. The summed E-state index contributed by atoms with van der Waals surface area (Å²) in [6.45, 7) is 0.862. The summed E-state index contributed by atoms with van der Waals surface area (Å²) in [4.78, 5) is 41.7. The molecule has 186 valence electrons. The van der Waals surface area contributed by atoms with Gasteiger partial charge in [0.25, 0.3) is 11.8 Å². The number of phenols is 1. The van der Waals surface area contributed by atoms with E-state index in [-0.39, 0.29) is 28.3 Å². The van der Waals surface area contributed by atoms with E-state index in [0.717, 1.165) is 0 Å². The molecule has 0 saturated carbocycles. The third-order valence-corrected chi connectivity index (χ3v) is 5.80. The average Bonchev–Trinajstić information content (AvgIpc) is 3.30. The van der Waals surface area contributed by atoms with Crippen LogP contribution in [0.1, 0.15) is 36.6 Å². The maximum absolute atomic E-state index is 14.5. The number of halogens is 1. The second kappa shape index (κ2) is 10.4. The maximum atomic E-state index is 14.5. The number of hydrogen-bond donors (Lipinski definition) is 5. The molecule has 0 bridgehead atoms. The fourth-order valence-corrected chi connectivity index (χ4v) is 3.84. The van der Waals surface area contributed by atoms with Crippen LogP contribution >= 0.6 is 0 Å². The Kier molecular flexibility index (Phi) is 7.11. The van der Waals surface area contributed by atoms with Gasteiger partial charge < -0.3 is 30.9 Å². The van der Waals surface area contributed by atoms with E-state index in [0.29, 0.717) is 13.1 Å². The van der Waals surface area contributed by atoms with Gasteiger partial charge in [-0.15, -0.1) is 0 Å². The van der Waals surface area contributed by atoms with Gasteiger partial charge in [0, 0.05) is 36.5 Å². The van der Waals surface area contributed by atoms with Crippen LogP contribution in [0.4, 0.5) is 4.39 Å². The number of carbonyl (C=O) groups is 3. The van der Waals surface area contributed by atoms with Crippen molar-refractivity contribution < 1.29 is 33.7 Å². The van der Waals surface area contributed by atoms with Crippen LogP contribution in [0.3, 0.4) is 0 Å². The molecule has 5 N–H and O–H groups in total. The first-order valence-electron chi connectivity index (χ1n) is 11.0. The predicted molar refractivity (Wildman–Crippen MR) is 126 cm³/mol. The Balaban J connectivity index is 1.42. The molecule has 2 aromatic carbocycles. The molecule has 0 spiro atoms. The highest BCUT2D eigenvalue weighted by atomic mass is 19.1. The van der Waals surface area contributed by atoms with E-state index in [4.69, 9.17) is 4.74 Å². The lowest BCUT2D eigenvalue weighted by Crippen LogP contribution is -2.51. The summed E-state index contributed by atoms with van der Waals surface area (Å²) in [5.74, 6) is -3.46. The zero-order valence-electron chi connectivity index (χ0n) is 19.1. The minimum Gasteiger partial charge on any atom is -0.507 e. The summed E-state index contributed by atoms with van der Waals surface area (Å²) in [5.41, 5.74) is 0.0697. The van der Waals surface area contributed by atoms with E-state index in [9.17, 15) is 29.0 Å². The normalized spacial score (nSPS) is 16.8. The van der Waals surface area contributed by atoms with Crippen molar-refractivity contribution in [3.63, 3.8) is 0 Å². The van der Waals surface area contributed by atoms with Gasteiger partial charge in [-0.2, -0.15) is 0 Å². The van der Waals surface area contributed by atoms with Gasteiger partial charge in [-0.05, 0) is 30.3 Å². The van der Waals surface area contributed by atoms with E-state index < -0.39 is 46.8 Å². The molecule has 0 radical (unpaired) electrons. The fourth-order valence-electron chi connectivity index (χ4n) is 3.84. The molecule has 11 heteroatoms. The first-order valence-corrected chi connectivity index (χ1v) is 11.0. The largest absolute Gasteiger partial charge is 0.507 e.